The number of benzene rings is 2. The van der Waals surface area contributed by atoms with Crippen molar-refractivity contribution in [1.82, 2.24) is 4.90 Å². The van der Waals surface area contributed by atoms with E-state index in [1.165, 1.54) is 0 Å². The molecule has 2 aromatic rings. The van der Waals surface area contributed by atoms with Crippen LogP contribution in [-0.4, -0.2) is 29.7 Å². The van der Waals surface area contributed by atoms with Gasteiger partial charge < -0.3 is 10.6 Å². The fourth-order valence-corrected chi connectivity index (χ4v) is 3.36. The normalized spacial score (nSPS) is 15.2. The second-order valence-corrected chi connectivity index (χ2v) is 6.95. The Labute approximate surface area is 152 Å². The Morgan fingerprint density at radius 2 is 1.72 bits per heavy atom. The number of carbonyl (C=O) groups is 2. The first-order valence-corrected chi connectivity index (χ1v) is 8.78. The maximum Gasteiger partial charge on any atom is 0.254 e. The Hall–Kier alpha value is -2.33. The van der Waals surface area contributed by atoms with Gasteiger partial charge in [0, 0.05) is 40.8 Å². The minimum atomic E-state index is -0.0489. The van der Waals surface area contributed by atoms with Gasteiger partial charge in [-0.1, -0.05) is 17.7 Å². The highest BCUT2D eigenvalue weighted by molar-refractivity contribution is 6.30. The van der Waals surface area contributed by atoms with Crippen LogP contribution in [0.2, 0.25) is 5.02 Å². The monoisotopic (exact) mass is 356 g/mol. The number of aryl methyl sites for hydroxylation is 1. The molecule has 0 atom stereocenters. The molecule has 0 bridgehead atoms. The zero-order valence-corrected chi connectivity index (χ0v) is 14.9. The van der Waals surface area contributed by atoms with Gasteiger partial charge in [-0.25, -0.2) is 0 Å². The van der Waals surface area contributed by atoms with E-state index in [0.717, 1.165) is 5.56 Å². The quantitative estimate of drug-likeness (QED) is 0.668. The molecule has 5 heteroatoms. The van der Waals surface area contributed by atoms with E-state index in [-0.39, 0.29) is 17.6 Å². The van der Waals surface area contributed by atoms with Crippen molar-refractivity contribution in [1.29, 1.82) is 0 Å². The lowest BCUT2D eigenvalue weighted by atomic mass is 9.88. The van der Waals surface area contributed by atoms with Gasteiger partial charge in [-0.3, -0.25) is 9.59 Å². The molecule has 0 aliphatic carbocycles. The van der Waals surface area contributed by atoms with Crippen molar-refractivity contribution in [2.24, 2.45) is 5.92 Å². The van der Waals surface area contributed by atoms with Crippen molar-refractivity contribution in [3.05, 3.63) is 64.2 Å². The molecule has 2 aromatic carbocycles. The van der Waals surface area contributed by atoms with Gasteiger partial charge in [-0.15, -0.1) is 0 Å². The summed E-state index contributed by atoms with van der Waals surface area (Å²) in [7, 11) is 0. The number of halogens is 1. The predicted octanol–water partition coefficient (Wildman–Crippen LogP) is 3.97. The highest BCUT2D eigenvalue weighted by atomic mass is 35.5. The molecular weight excluding hydrogens is 336 g/mol. The fraction of sp³-hybridized carbons (Fsp3) is 0.300. The maximum absolute atomic E-state index is 12.7. The summed E-state index contributed by atoms with van der Waals surface area (Å²) in [6.07, 6.45) is 1.35. The SMILES string of the molecule is Cc1ccc(N)cc1C(=O)N1CCC(C(=O)c2ccc(Cl)cc2)CC1. The van der Waals surface area contributed by atoms with Crippen LogP contribution in [0.3, 0.4) is 0 Å². The molecule has 1 heterocycles. The summed E-state index contributed by atoms with van der Waals surface area (Å²) in [6.45, 7) is 3.07. The average Bonchev–Trinajstić information content (AvgIpc) is 2.63. The summed E-state index contributed by atoms with van der Waals surface area (Å²) in [5.74, 6) is 0.0678. The lowest BCUT2D eigenvalue weighted by Gasteiger charge is -2.31. The number of nitrogen functional groups attached to an aromatic ring is 1. The highest BCUT2D eigenvalue weighted by Crippen LogP contribution is 2.25. The molecule has 4 nitrogen and oxygen atoms in total. The van der Waals surface area contributed by atoms with Gasteiger partial charge in [0.15, 0.2) is 5.78 Å². The number of likely N-dealkylation sites (tertiary alicyclic amines) is 1. The molecule has 1 aliphatic rings. The van der Waals surface area contributed by atoms with Crippen LogP contribution in [0.4, 0.5) is 5.69 Å². The molecule has 1 amide bonds. The highest BCUT2D eigenvalue weighted by Gasteiger charge is 2.28. The van der Waals surface area contributed by atoms with E-state index in [9.17, 15) is 9.59 Å². The first-order valence-electron chi connectivity index (χ1n) is 8.41. The van der Waals surface area contributed by atoms with Crippen molar-refractivity contribution < 1.29 is 9.59 Å². The molecule has 1 fully saturated rings. The molecule has 0 spiro atoms. The number of carbonyl (C=O) groups excluding carboxylic acids is 2. The Bertz CT molecular complexity index is 794. The number of anilines is 1. The lowest BCUT2D eigenvalue weighted by molar-refractivity contribution is 0.0650. The Morgan fingerprint density at radius 3 is 2.36 bits per heavy atom. The molecule has 0 aromatic heterocycles. The van der Waals surface area contributed by atoms with Gasteiger partial charge >= 0.3 is 0 Å². The molecule has 0 saturated carbocycles. The first kappa shape index (κ1) is 17.5. The van der Waals surface area contributed by atoms with Crippen LogP contribution in [0, 0.1) is 12.8 Å². The Kier molecular flexibility index (Phi) is 5.09. The van der Waals surface area contributed by atoms with E-state index < -0.39 is 0 Å². The smallest absolute Gasteiger partial charge is 0.254 e. The molecule has 0 unspecified atom stereocenters. The number of rotatable bonds is 3. The van der Waals surface area contributed by atoms with E-state index >= 15 is 0 Å². The van der Waals surface area contributed by atoms with Crippen molar-refractivity contribution >= 4 is 29.0 Å². The Morgan fingerprint density at radius 1 is 1.08 bits per heavy atom. The number of nitrogens with two attached hydrogens (primary N) is 1. The molecule has 130 valence electrons. The third-order valence-electron chi connectivity index (χ3n) is 4.77. The van der Waals surface area contributed by atoms with Gasteiger partial charge in [0.1, 0.15) is 0 Å². The van der Waals surface area contributed by atoms with Crippen LogP contribution >= 0.6 is 11.6 Å². The molecule has 0 radical (unpaired) electrons. The third-order valence-corrected chi connectivity index (χ3v) is 5.03. The topological polar surface area (TPSA) is 63.4 Å². The van der Waals surface area contributed by atoms with Crippen LogP contribution in [0.1, 0.15) is 39.1 Å². The summed E-state index contributed by atoms with van der Waals surface area (Å²) in [6, 6.07) is 12.4. The summed E-state index contributed by atoms with van der Waals surface area (Å²) in [4.78, 5) is 27.1. The zero-order valence-electron chi connectivity index (χ0n) is 14.2. The van der Waals surface area contributed by atoms with Gasteiger partial charge in [0.05, 0.1) is 0 Å². The fourth-order valence-electron chi connectivity index (χ4n) is 3.23. The largest absolute Gasteiger partial charge is 0.399 e. The molecule has 1 aliphatic heterocycles. The summed E-state index contributed by atoms with van der Waals surface area (Å²) in [5.41, 5.74) is 8.63. The number of ketones is 1. The number of Topliss-reactive ketones (excluding diaryl/α,β-unsaturated/α-hetero) is 1. The number of amides is 1. The van der Waals surface area contributed by atoms with Crippen molar-refractivity contribution in [2.75, 3.05) is 18.8 Å². The van der Waals surface area contributed by atoms with Crippen molar-refractivity contribution in [2.45, 2.75) is 19.8 Å². The van der Waals surface area contributed by atoms with Gasteiger partial charge in [-0.05, 0) is 61.7 Å². The van der Waals surface area contributed by atoms with Crippen LogP contribution in [0.15, 0.2) is 42.5 Å². The van der Waals surface area contributed by atoms with E-state index in [1.807, 2.05) is 17.9 Å². The van der Waals surface area contributed by atoms with E-state index in [4.69, 9.17) is 17.3 Å². The standard InChI is InChI=1S/C20H21ClN2O2/c1-13-2-7-17(22)12-18(13)20(25)23-10-8-15(9-11-23)19(24)14-3-5-16(21)6-4-14/h2-7,12,15H,8-11,22H2,1H3. The zero-order chi connectivity index (χ0) is 18.0. The first-order chi connectivity index (χ1) is 12.0. The van der Waals surface area contributed by atoms with Gasteiger partial charge in [0.2, 0.25) is 0 Å². The minimum Gasteiger partial charge on any atom is -0.399 e. The van der Waals surface area contributed by atoms with Gasteiger partial charge in [0.25, 0.3) is 5.91 Å². The average molecular weight is 357 g/mol. The van der Waals surface area contributed by atoms with Crippen molar-refractivity contribution in [3.63, 3.8) is 0 Å². The number of piperidine rings is 1. The van der Waals surface area contributed by atoms with Crippen LogP contribution in [0.25, 0.3) is 0 Å². The van der Waals surface area contributed by atoms with E-state index in [2.05, 4.69) is 0 Å². The van der Waals surface area contributed by atoms with Crippen molar-refractivity contribution in [3.8, 4) is 0 Å². The van der Waals surface area contributed by atoms with Crippen LogP contribution < -0.4 is 5.73 Å². The van der Waals surface area contributed by atoms with Crippen LogP contribution in [-0.2, 0) is 0 Å². The number of nitrogens with zero attached hydrogens (tertiary/aromatic N) is 1. The lowest BCUT2D eigenvalue weighted by Crippen LogP contribution is -2.40. The predicted molar refractivity (Wildman–Crippen MR) is 100 cm³/mol. The summed E-state index contributed by atoms with van der Waals surface area (Å²) in [5, 5.41) is 0.620. The molecule has 1 saturated heterocycles. The molecule has 25 heavy (non-hydrogen) atoms. The van der Waals surface area contributed by atoms with E-state index in [0.29, 0.717) is 47.8 Å². The summed E-state index contributed by atoms with van der Waals surface area (Å²) < 4.78 is 0. The van der Waals surface area contributed by atoms with Gasteiger partial charge in [-0.2, -0.15) is 0 Å². The summed E-state index contributed by atoms with van der Waals surface area (Å²) >= 11 is 5.87. The Balaban J connectivity index is 1.65. The molecule has 2 N–H and O–H groups in total. The molecular formula is C20H21ClN2O2. The molecule has 3 rings (SSSR count). The third kappa shape index (κ3) is 3.85. The second-order valence-electron chi connectivity index (χ2n) is 6.51. The number of hydrogen-bond acceptors (Lipinski definition) is 3. The van der Waals surface area contributed by atoms with E-state index in [1.54, 1.807) is 36.4 Å². The second kappa shape index (κ2) is 7.28. The minimum absolute atomic E-state index is 0.0119. The number of hydrogen-bond donors (Lipinski definition) is 1. The van der Waals surface area contributed by atoms with Crippen LogP contribution in [0.5, 0.6) is 0 Å². The maximum atomic E-state index is 12.7.